The van der Waals surface area contributed by atoms with Gasteiger partial charge in [0.2, 0.25) is 0 Å². The van der Waals surface area contributed by atoms with Crippen LogP contribution in [0.4, 0.5) is 4.39 Å². The van der Waals surface area contributed by atoms with Crippen LogP contribution in [0, 0.1) is 5.82 Å². The highest BCUT2D eigenvalue weighted by Crippen LogP contribution is 2.31. The first-order chi connectivity index (χ1) is 8.13. The number of aliphatic hydroxyl groups is 1. The summed E-state index contributed by atoms with van der Waals surface area (Å²) in [4.78, 5) is 0.936. The molecule has 1 atom stereocenters. The van der Waals surface area contributed by atoms with Gasteiger partial charge in [0.25, 0.3) is 0 Å². The van der Waals surface area contributed by atoms with E-state index in [4.69, 9.17) is 0 Å². The van der Waals surface area contributed by atoms with Crippen molar-refractivity contribution in [2.45, 2.75) is 19.4 Å². The van der Waals surface area contributed by atoms with Crippen LogP contribution >= 0.6 is 27.3 Å². The smallest absolute Gasteiger partial charge is 0.137 e. The zero-order chi connectivity index (χ0) is 12.4. The van der Waals surface area contributed by atoms with E-state index in [1.165, 1.54) is 17.4 Å². The number of hydrogen-bond acceptors (Lipinski definition) is 2. The van der Waals surface area contributed by atoms with Gasteiger partial charge in [-0.1, -0.05) is 13.0 Å². The largest absolute Gasteiger partial charge is 0.383 e. The third-order valence-electron chi connectivity index (χ3n) is 2.67. The Hall–Kier alpha value is -0.710. The van der Waals surface area contributed by atoms with E-state index in [-0.39, 0.29) is 5.82 Å². The fourth-order valence-corrected chi connectivity index (χ4v) is 3.12. The van der Waals surface area contributed by atoms with E-state index in [0.717, 1.165) is 16.9 Å². The fraction of sp³-hybridized carbons (Fsp3) is 0.231. The zero-order valence-electron chi connectivity index (χ0n) is 9.28. The van der Waals surface area contributed by atoms with E-state index in [1.807, 2.05) is 11.4 Å². The summed E-state index contributed by atoms with van der Waals surface area (Å²) < 4.78 is 13.5. The average Bonchev–Trinajstić information content (AvgIpc) is 2.80. The lowest BCUT2D eigenvalue weighted by Crippen LogP contribution is -2.00. The van der Waals surface area contributed by atoms with Crippen LogP contribution in [0.15, 0.2) is 34.1 Å². The fourth-order valence-electron chi connectivity index (χ4n) is 1.71. The van der Waals surface area contributed by atoms with E-state index in [2.05, 4.69) is 22.9 Å². The van der Waals surface area contributed by atoms with Gasteiger partial charge in [-0.15, -0.1) is 11.3 Å². The van der Waals surface area contributed by atoms with E-state index in [0.29, 0.717) is 10.0 Å². The summed E-state index contributed by atoms with van der Waals surface area (Å²) in [5, 5.41) is 12.2. The molecule has 0 saturated heterocycles. The molecule has 2 rings (SSSR count). The first kappa shape index (κ1) is 12.7. The summed E-state index contributed by atoms with van der Waals surface area (Å²) in [7, 11) is 0. The van der Waals surface area contributed by atoms with Crippen molar-refractivity contribution in [2.24, 2.45) is 0 Å². The highest BCUT2D eigenvalue weighted by atomic mass is 79.9. The van der Waals surface area contributed by atoms with Gasteiger partial charge < -0.3 is 5.11 Å². The minimum absolute atomic E-state index is 0.317. The predicted octanol–water partition coefficient (Wildman–Crippen LogP) is 4.29. The Kier molecular flexibility index (Phi) is 3.97. The summed E-state index contributed by atoms with van der Waals surface area (Å²) in [6, 6.07) is 6.62. The summed E-state index contributed by atoms with van der Waals surface area (Å²) in [5.41, 5.74) is 1.85. The van der Waals surface area contributed by atoms with Crippen LogP contribution in [-0.2, 0) is 6.42 Å². The first-order valence-corrected chi connectivity index (χ1v) is 7.00. The van der Waals surface area contributed by atoms with Gasteiger partial charge in [-0.3, -0.25) is 0 Å². The number of halogens is 2. The lowest BCUT2D eigenvalue weighted by molar-refractivity contribution is 0.223. The Morgan fingerprint density at radius 2 is 2.18 bits per heavy atom. The van der Waals surface area contributed by atoms with Crippen molar-refractivity contribution in [1.29, 1.82) is 0 Å². The standard InChI is InChI=1S/C13H12BrFOS/c1-2-8-5-6-17-13(8)12(16)9-3-4-11(15)10(14)7-9/h3-7,12,16H,2H2,1H3. The number of benzene rings is 1. The molecule has 1 unspecified atom stereocenters. The minimum atomic E-state index is -0.679. The Morgan fingerprint density at radius 1 is 1.41 bits per heavy atom. The lowest BCUT2D eigenvalue weighted by atomic mass is 10.0. The topological polar surface area (TPSA) is 20.2 Å². The number of aryl methyl sites for hydroxylation is 1. The highest BCUT2D eigenvalue weighted by molar-refractivity contribution is 9.10. The molecule has 1 aromatic carbocycles. The Balaban J connectivity index is 2.36. The van der Waals surface area contributed by atoms with Crippen molar-refractivity contribution in [2.75, 3.05) is 0 Å². The number of thiophene rings is 1. The molecule has 2 aromatic rings. The monoisotopic (exact) mass is 314 g/mol. The summed E-state index contributed by atoms with van der Waals surface area (Å²) in [6.07, 6.45) is 0.208. The summed E-state index contributed by atoms with van der Waals surface area (Å²) in [6.45, 7) is 2.05. The van der Waals surface area contributed by atoms with Crippen LogP contribution in [-0.4, -0.2) is 5.11 Å². The minimum Gasteiger partial charge on any atom is -0.383 e. The van der Waals surface area contributed by atoms with Gasteiger partial charge in [0.1, 0.15) is 11.9 Å². The van der Waals surface area contributed by atoms with Gasteiger partial charge >= 0.3 is 0 Å². The summed E-state index contributed by atoms with van der Waals surface area (Å²) in [5.74, 6) is -0.317. The van der Waals surface area contributed by atoms with Gasteiger partial charge in [0.15, 0.2) is 0 Å². The molecule has 1 N–H and O–H groups in total. The molecular weight excluding hydrogens is 303 g/mol. The zero-order valence-corrected chi connectivity index (χ0v) is 11.7. The molecule has 0 aliphatic rings. The normalized spacial score (nSPS) is 12.7. The maximum atomic E-state index is 13.1. The molecule has 1 aromatic heterocycles. The van der Waals surface area contributed by atoms with Crippen molar-refractivity contribution in [3.63, 3.8) is 0 Å². The molecule has 0 aliphatic heterocycles. The van der Waals surface area contributed by atoms with Crippen LogP contribution in [0.5, 0.6) is 0 Å². The van der Waals surface area contributed by atoms with Gasteiger partial charge in [-0.2, -0.15) is 0 Å². The van der Waals surface area contributed by atoms with Crippen molar-refractivity contribution in [3.05, 3.63) is 55.9 Å². The third-order valence-corrected chi connectivity index (χ3v) is 4.29. The van der Waals surface area contributed by atoms with Crippen LogP contribution in [0.1, 0.15) is 29.0 Å². The second-order valence-corrected chi connectivity index (χ2v) is 5.54. The predicted molar refractivity (Wildman–Crippen MR) is 71.9 cm³/mol. The molecule has 90 valence electrons. The molecule has 1 nitrogen and oxygen atoms in total. The molecule has 0 aliphatic carbocycles. The van der Waals surface area contributed by atoms with E-state index >= 15 is 0 Å². The van der Waals surface area contributed by atoms with Crippen LogP contribution in [0.3, 0.4) is 0 Å². The SMILES string of the molecule is CCc1ccsc1C(O)c1ccc(F)c(Br)c1. The van der Waals surface area contributed by atoms with Crippen molar-refractivity contribution < 1.29 is 9.50 Å². The molecule has 0 bridgehead atoms. The van der Waals surface area contributed by atoms with E-state index < -0.39 is 6.10 Å². The van der Waals surface area contributed by atoms with Crippen molar-refractivity contribution >= 4 is 27.3 Å². The molecule has 1 heterocycles. The number of hydrogen-bond donors (Lipinski definition) is 1. The van der Waals surface area contributed by atoms with Crippen LogP contribution in [0.25, 0.3) is 0 Å². The van der Waals surface area contributed by atoms with E-state index in [9.17, 15) is 9.50 Å². The molecule has 0 radical (unpaired) electrons. The average molecular weight is 315 g/mol. The molecular formula is C13H12BrFOS. The Bertz CT molecular complexity index is 524. The molecule has 0 fully saturated rings. The maximum absolute atomic E-state index is 13.1. The second-order valence-electron chi connectivity index (χ2n) is 3.74. The summed E-state index contributed by atoms with van der Waals surface area (Å²) >= 11 is 4.66. The number of aliphatic hydroxyl groups excluding tert-OH is 1. The van der Waals surface area contributed by atoms with Gasteiger partial charge in [-0.25, -0.2) is 4.39 Å². The van der Waals surface area contributed by atoms with E-state index in [1.54, 1.807) is 12.1 Å². The first-order valence-electron chi connectivity index (χ1n) is 5.32. The van der Waals surface area contributed by atoms with Gasteiger partial charge in [0, 0.05) is 4.88 Å². The van der Waals surface area contributed by atoms with Crippen molar-refractivity contribution in [3.8, 4) is 0 Å². The number of rotatable bonds is 3. The Morgan fingerprint density at radius 3 is 2.82 bits per heavy atom. The van der Waals surface area contributed by atoms with Gasteiger partial charge in [0.05, 0.1) is 4.47 Å². The third kappa shape index (κ3) is 2.59. The molecule has 0 spiro atoms. The Labute approximate surface area is 112 Å². The lowest BCUT2D eigenvalue weighted by Gasteiger charge is -2.12. The van der Waals surface area contributed by atoms with Crippen LogP contribution in [0.2, 0.25) is 0 Å². The molecule has 0 amide bonds. The second kappa shape index (κ2) is 5.29. The quantitative estimate of drug-likeness (QED) is 0.895. The maximum Gasteiger partial charge on any atom is 0.137 e. The molecule has 4 heteroatoms. The van der Waals surface area contributed by atoms with Crippen molar-refractivity contribution in [1.82, 2.24) is 0 Å². The molecule has 17 heavy (non-hydrogen) atoms. The molecule has 0 saturated carbocycles. The highest BCUT2D eigenvalue weighted by Gasteiger charge is 2.16. The van der Waals surface area contributed by atoms with Crippen LogP contribution < -0.4 is 0 Å². The van der Waals surface area contributed by atoms with Gasteiger partial charge in [-0.05, 0) is 57.1 Å².